The summed E-state index contributed by atoms with van der Waals surface area (Å²) in [6.45, 7) is 0. The van der Waals surface area contributed by atoms with Crippen molar-refractivity contribution in [3.05, 3.63) is 47.7 Å². The van der Waals surface area contributed by atoms with Gasteiger partial charge in [-0.2, -0.15) is 10.4 Å². The average molecular weight is 293 g/mol. The van der Waals surface area contributed by atoms with Crippen LogP contribution >= 0.6 is 0 Å². The number of carbonyl (C=O) groups excluding carboxylic acids is 1. The maximum absolute atomic E-state index is 11.5. The molecule has 1 aromatic carbocycles. The summed E-state index contributed by atoms with van der Waals surface area (Å²) in [4.78, 5) is 11.5. The Hall–Kier alpha value is -3.33. The standard InChI is InChI=1S/C16H11N3O3/c1-21-16(20)11(8-17)6-12-9-18-19-15(12)14-7-10-4-2-3-5-13(10)22-14/h2-7,9H,1H3,(H,18,19)/b11-6-. The first-order chi connectivity index (χ1) is 10.7. The lowest BCUT2D eigenvalue weighted by Gasteiger charge is -1.97. The summed E-state index contributed by atoms with van der Waals surface area (Å²) in [7, 11) is 1.23. The largest absolute Gasteiger partial charge is 0.465 e. The maximum atomic E-state index is 11.5. The Morgan fingerprint density at radius 3 is 3.00 bits per heavy atom. The Labute approximate surface area is 125 Å². The van der Waals surface area contributed by atoms with Gasteiger partial charge in [-0.3, -0.25) is 5.10 Å². The predicted octanol–water partition coefficient (Wildman–Crippen LogP) is 2.90. The van der Waals surface area contributed by atoms with E-state index in [4.69, 9.17) is 9.68 Å². The fraction of sp³-hybridized carbons (Fsp3) is 0.0625. The number of benzene rings is 1. The van der Waals surface area contributed by atoms with E-state index in [2.05, 4.69) is 14.9 Å². The molecule has 22 heavy (non-hydrogen) atoms. The summed E-state index contributed by atoms with van der Waals surface area (Å²) >= 11 is 0. The summed E-state index contributed by atoms with van der Waals surface area (Å²) in [6, 6.07) is 11.3. The normalized spacial score (nSPS) is 11.4. The maximum Gasteiger partial charge on any atom is 0.348 e. The Morgan fingerprint density at radius 1 is 1.45 bits per heavy atom. The van der Waals surface area contributed by atoms with Gasteiger partial charge < -0.3 is 9.15 Å². The van der Waals surface area contributed by atoms with Crippen molar-refractivity contribution in [1.29, 1.82) is 5.26 Å². The van der Waals surface area contributed by atoms with Gasteiger partial charge in [0.2, 0.25) is 0 Å². The van der Waals surface area contributed by atoms with E-state index in [1.54, 1.807) is 0 Å². The van der Waals surface area contributed by atoms with Crippen LogP contribution in [-0.2, 0) is 9.53 Å². The molecule has 0 aliphatic rings. The van der Waals surface area contributed by atoms with E-state index in [1.165, 1.54) is 19.4 Å². The van der Waals surface area contributed by atoms with Crippen LogP contribution in [-0.4, -0.2) is 23.3 Å². The number of hydrogen-bond acceptors (Lipinski definition) is 5. The molecule has 6 heteroatoms. The number of fused-ring (bicyclic) bond motifs is 1. The second-order valence-electron chi connectivity index (χ2n) is 4.51. The molecule has 6 nitrogen and oxygen atoms in total. The predicted molar refractivity (Wildman–Crippen MR) is 79.4 cm³/mol. The van der Waals surface area contributed by atoms with Gasteiger partial charge in [0.25, 0.3) is 0 Å². The Morgan fingerprint density at radius 2 is 2.27 bits per heavy atom. The SMILES string of the molecule is COC(=O)/C(C#N)=C\c1cn[nH]c1-c1cc2ccccc2o1. The van der Waals surface area contributed by atoms with E-state index in [1.807, 2.05) is 36.4 Å². The van der Waals surface area contributed by atoms with Crippen LogP contribution in [0.2, 0.25) is 0 Å². The van der Waals surface area contributed by atoms with E-state index in [-0.39, 0.29) is 5.57 Å². The lowest BCUT2D eigenvalue weighted by atomic mass is 10.1. The van der Waals surface area contributed by atoms with Crippen molar-refractivity contribution in [3.8, 4) is 17.5 Å². The van der Waals surface area contributed by atoms with Gasteiger partial charge in [0.05, 0.1) is 13.3 Å². The van der Waals surface area contributed by atoms with Crippen LogP contribution in [0.4, 0.5) is 0 Å². The number of furan rings is 1. The molecule has 1 N–H and O–H groups in total. The van der Waals surface area contributed by atoms with E-state index >= 15 is 0 Å². The van der Waals surface area contributed by atoms with Crippen molar-refractivity contribution in [2.75, 3.05) is 7.11 Å². The number of rotatable bonds is 3. The molecule has 0 bridgehead atoms. The number of nitriles is 1. The molecule has 0 spiro atoms. The van der Waals surface area contributed by atoms with Crippen LogP contribution in [0, 0.1) is 11.3 Å². The van der Waals surface area contributed by atoms with Crippen molar-refractivity contribution >= 4 is 23.0 Å². The zero-order valence-electron chi connectivity index (χ0n) is 11.7. The third kappa shape index (κ3) is 2.36. The molecule has 3 rings (SSSR count). The second-order valence-corrected chi connectivity index (χ2v) is 4.51. The van der Waals surface area contributed by atoms with Gasteiger partial charge in [-0.1, -0.05) is 18.2 Å². The number of ether oxygens (including phenoxy) is 1. The molecule has 0 aliphatic heterocycles. The molecule has 0 radical (unpaired) electrons. The van der Waals surface area contributed by atoms with Crippen LogP contribution in [0.3, 0.4) is 0 Å². The van der Waals surface area contributed by atoms with Crippen LogP contribution in [0.5, 0.6) is 0 Å². The molecule has 0 unspecified atom stereocenters. The number of nitrogens with one attached hydrogen (secondary N) is 1. The number of esters is 1. The summed E-state index contributed by atoms with van der Waals surface area (Å²) in [6.07, 6.45) is 2.93. The zero-order valence-corrected chi connectivity index (χ0v) is 11.7. The number of nitrogens with zero attached hydrogens (tertiary/aromatic N) is 2. The molecule has 0 fully saturated rings. The van der Waals surface area contributed by atoms with Gasteiger partial charge in [-0.05, 0) is 18.2 Å². The Kier molecular flexibility index (Phi) is 3.46. The van der Waals surface area contributed by atoms with Gasteiger partial charge in [0.1, 0.15) is 22.9 Å². The molecular formula is C16H11N3O3. The number of hydrogen-bond donors (Lipinski definition) is 1. The first-order valence-electron chi connectivity index (χ1n) is 6.45. The number of para-hydroxylation sites is 1. The Balaban J connectivity index is 2.07. The summed E-state index contributed by atoms with van der Waals surface area (Å²) in [5.41, 5.74) is 1.80. The molecule has 0 saturated heterocycles. The van der Waals surface area contributed by atoms with Crippen molar-refractivity contribution in [2.45, 2.75) is 0 Å². The van der Waals surface area contributed by atoms with Gasteiger partial charge in [0.15, 0.2) is 5.76 Å². The molecule has 0 saturated carbocycles. The Bertz CT molecular complexity index is 879. The molecule has 2 aromatic heterocycles. The highest BCUT2D eigenvalue weighted by Gasteiger charge is 2.15. The quantitative estimate of drug-likeness (QED) is 0.455. The summed E-state index contributed by atoms with van der Waals surface area (Å²) < 4.78 is 10.3. The van der Waals surface area contributed by atoms with Crippen molar-refractivity contribution in [3.63, 3.8) is 0 Å². The van der Waals surface area contributed by atoms with Gasteiger partial charge in [0, 0.05) is 10.9 Å². The summed E-state index contributed by atoms with van der Waals surface area (Å²) in [5, 5.41) is 16.8. The number of aromatic amines is 1. The van der Waals surface area contributed by atoms with Crippen molar-refractivity contribution in [2.24, 2.45) is 0 Å². The topological polar surface area (TPSA) is 91.9 Å². The van der Waals surface area contributed by atoms with E-state index in [0.717, 1.165) is 11.0 Å². The molecule has 3 aromatic rings. The lowest BCUT2D eigenvalue weighted by Crippen LogP contribution is -2.02. The molecule has 0 amide bonds. The molecular weight excluding hydrogens is 282 g/mol. The smallest absolute Gasteiger partial charge is 0.348 e. The number of methoxy groups -OCH3 is 1. The van der Waals surface area contributed by atoms with Gasteiger partial charge in [-0.15, -0.1) is 0 Å². The highest BCUT2D eigenvalue weighted by molar-refractivity contribution is 5.98. The first kappa shape index (κ1) is 13.6. The second kappa shape index (κ2) is 5.58. The van der Waals surface area contributed by atoms with Crippen LogP contribution in [0.1, 0.15) is 5.56 Å². The fourth-order valence-electron chi connectivity index (χ4n) is 2.11. The summed E-state index contributed by atoms with van der Waals surface area (Å²) in [5.74, 6) is -0.119. The lowest BCUT2D eigenvalue weighted by molar-refractivity contribution is -0.135. The van der Waals surface area contributed by atoms with Crippen LogP contribution in [0.15, 0.2) is 46.5 Å². The van der Waals surface area contributed by atoms with E-state index < -0.39 is 5.97 Å². The minimum atomic E-state index is -0.695. The first-order valence-corrected chi connectivity index (χ1v) is 6.45. The van der Waals surface area contributed by atoms with E-state index in [9.17, 15) is 4.79 Å². The highest BCUT2D eigenvalue weighted by Crippen LogP contribution is 2.29. The molecule has 0 aliphatic carbocycles. The minimum absolute atomic E-state index is 0.110. The zero-order chi connectivity index (χ0) is 15.5. The van der Waals surface area contributed by atoms with Crippen LogP contribution in [0.25, 0.3) is 28.5 Å². The van der Waals surface area contributed by atoms with Crippen molar-refractivity contribution < 1.29 is 13.9 Å². The third-order valence-corrected chi connectivity index (χ3v) is 3.17. The van der Waals surface area contributed by atoms with Crippen molar-refractivity contribution in [1.82, 2.24) is 10.2 Å². The number of aromatic nitrogens is 2. The highest BCUT2D eigenvalue weighted by atomic mass is 16.5. The van der Waals surface area contributed by atoms with E-state index in [0.29, 0.717) is 17.0 Å². The van der Waals surface area contributed by atoms with Crippen LogP contribution < -0.4 is 0 Å². The third-order valence-electron chi connectivity index (χ3n) is 3.17. The molecule has 2 heterocycles. The number of carbonyl (C=O) groups is 1. The van der Waals surface area contributed by atoms with Gasteiger partial charge >= 0.3 is 5.97 Å². The molecule has 108 valence electrons. The number of H-pyrrole nitrogens is 1. The average Bonchev–Trinajstić information content (AvgIpc) is 3.17. The minimum Gasteiger partial charge on any atom is -0.465 e. The molecule has 0 atom stereocenters. The monoisotopic (exact) mass is 293 g/mol. The fourth-order valence-corrected chi connectivity index (χ4v) is 2.11. The van der Waals surface area contributed by atoms with Gasteiger partial charge in [-0.25, -0.2) is 4.79 Å².